The van der Waals surface area contributed by atoms with Crippen molar-refractivity contribution in [2.45, 2.75) is 78.4 Å². The van der Waals surface area contributed by atoms with Crippen LogP contribution < -0.4 is 0 Å². The van der Waals surface area contributed by atoms with E-state index in [0.29, 0.717) is 23.7 Å². The molecule has 0 aromatic rings. The minimum absolute atomic E-state index is 0.238. The fourth-order valence-corrected chi connectivity index (χ4v) is 6.93. The number of rotatable bonds is 4. The first-order valence-corrected chi connectivity index (χ1v) is 11.7. The van der Waals surface area contributed by atoms with E-state index in [1.165, 1.54) is 13.8 Å². The summed E-state index contributed by atoms with van der Waals surface area (Å²) in [5.41, 5.74) is -0.987. The molecule has 0 aromatic heterocycles. The number of fused-ring (bicyclic) bond motifs is 4. The Morgan fingerprint density at radius 1 is 0.750 bits per heavy atom. The van der Waals surface area contributed by atoms with Crippen LogP contribution in [0.3, 0.4) is 0 Å². The molecular weight excluding hydrogens is 408 g/mol. The minimum Gasteiger partial charge on any atom is -0.479 e. The lowest BCUT2D eigenvalue weighted by Gasteiger charge is -2.61. The molecule has 0 amide bonds. The van der Waals surface area contributed by atoms with Crippen LogP contribution in [0.15, 0.2) is 24.3 Å². The smallest absolute Gasteiger partial charge is 0.336 e. The standard InChI is InChI=1S/2C13H20O3/c2*1-7-9-5-8(12(9,2)3)6-10(7)13(4,16)11(14)15/h2*8-10,16H,1,5-6H2,2-4H3,(H,14,15)/t2*8-,9+,10+,13-/m11/s1. The topological polar surface area (TPSA) is 115 Å². The number of hydrogen-bond acceptors (Lipinski definition) is 4. The van der Waals surface area contributed by atoms with Gasteiger partial charge in [0.2, 0.25) is 0 Å². The van der Waals surface area contributed by atoms with Gasteiger partial charge in [-0.2, -0.15) is 0 Å². The highest BCUT2D eigenvalue weighted by atomic mass is 16.4. The molecule has 6 nitrogen and oxygen atoms in total. The third-order valence-electron chi connectivity index (χ3n) is 9.99. The van der Waals surface area contributed by atoms with Crippen LogP contribution in [-0.4, -0.2) is 43.6 Å². The van der Waals surface area contributed by atoms with Crippen molar-refractivity contribution in [1.29, 1.82) is 0 Å². The molecule has 0 saturated heterocycles. The van der Waals surface area contributed by atoms with Crippen LogP contribution in [0.4, 0.5) is 0 Å². The van der Waals surface area contributed by atoms with Gasteiger partial charge >= 0.3 is 11.9 Å². The Balaban J connectivity index is 0.000000181. The molecular formula is C26H40O6. The highest BCUT2D eigenvalue weighted by Crippen LogP contribution is 2.65. The molecule has 6 fully saturated rings. The molecule has 6 heteroatoms. The molecule has 6 aliphatic rings. The molecule has 32 heavy (non-hydrogen) atoms. The van der Waals surface area contributed by atoms with E-state index < -0.39 is 23.1 Å². The number of carbonyl (C=O) groups is 2. The van der Waals surface area contributed by atoms with E-state index in [0.717, 1.165) is 36.8 Å². The van der Waals surface area contributed by atoms with Crippen LogP contribution in [0.5, 0.6) is 0 Å². The number of hydrogen-bond donors (Lipinski definition) is 4. The second kappa shape index (κ2) is 7.42. The van der Waals surface area contributed by atoms with E-state index in [-0.39, 0.29) is 22.7 Å². The summed E-state index contributed by atoms with van der Waals surface area (Å²) in [6, 6.07) is 0. The van der Waals surface area contributed by atoms with Crippen LogP contribution in [0.25, 0.3) is 0 Å². The molecule has 0 aliphatic heterocycles. The van der Waals surface area contributed by atoms with Gasteiger partial charge in [-0.15, -0.1) is 0 Å². The molecule has 0 heterocycles. The third-order valence-corrected chi connectivity index (χ3v) is 9.99. The SMILES string of the molecule is C=C1[C@@H]2C[C@H](C[C@@H]1[C@@](C)(O)C(=O)O)C2(C)C.C=C1[C@@H]2C[C@H](C[C@@H]1[C@@](C)(O)C(=O)O)C2(C)C. The van der Waals surface area contributed by atoms with Crippen LogP contribution >= 0.6 is 0 Å². The van der Waals surface area contributed by atoms with Crippen molar-refractivity contribution in [2.75, 3.05) is 0 Å². The maximum atomic E-state index is 11.1. The first kappa shape index (κ1) is 25.0. The van der Waals surface area contributed by atoms with E-state index in [1.54, 1.807) is 0 Å². The van der Waals surface area contributed by atoms with Gasteiger partial charge in [0.25, 0.3) is 0 Å². The number of aliphatic carboxylic acids is 2. The van der Waals surface area contributed by atoms with Crippen molar-refractivity contribution in [1.82, 2.24) is 0 Å². The van der Waals surface area contributed by atoms with Crippen molar-refractivity contribution in [2.24, 2.45) is 46.3 Å². The summed E-state index contributed by atoms with van der Waals surface area (Å²) in [6.45, 7) is 19.7. The predicted molar refractivity (Wildman–Crippen MR) is 122 cm³/mol. The first-order chi connectivity index (χ1) is 14.4. The van der Waals surface area contributed by atoms with Gasteiger partial charge in [-0.05, 0) is 74.0 Å². The molecule has 6 saturated carbocycles. The summed E-state index contributed by atoms with van der Waals surface area (Å²) in [5, 5.41) is 38.2. The number of carboxylic acids is 2. The Kier molecular flexibility index (Phi) is 5.79. The van der Waals surface area contributed by atoms with Gasteiger partial charge < -0.3 is 20.4 Å². The van der Waals surface area contributed by atoms with Crippen LogP contribution in [0, 0.1) is 46.3 Å². The minimum atomic E-state index is -1.66. The van der Waals surface area contributed by atoms with Gasteiger partial charge in [-0.1, -0.05) is 52.0 Å². The fraction of sp³-hybridized carbons (Fsp3) is 0.769. The zero-order chi connectivity index (χ0) is 24.6. The molecule has 4 bridgehead atoms. The normalized spacial score (nSPS) is 39.8. The van der Waals surface area contributed by atoms with E-state index in [2.05, 4.69) is 40.9 Å². The molecule has 0 radical (unpaired) electrons. The lowest BCUT2D eigenvalue weighted by atomic mass is 9.44. The first-order valence-electron chi connectivity index (χ1n) is 11.7. The molecule has 180 valence electrons. The maximum Gasteiger partial charge on any atom is 0.336 e. The molecule has 6 rings (SSSR count). The van der Waals surface area contributed by atoms with Gasteiger partial charge in [0.15, 0.2) is 11.2 Å². The fourth-order valence-electron chi connectivity index (χ4n) is 6.93. The molecule has 0 unspecified atom stereocenters. The molecule has 0 aromatic carbocycles. The van der Waals surface area contributed by atoms with E-state index in [4.69, 9.17) is 10.2 Å². The average Bonchev–Trinajstić information content (AvgIpc) is 2.66. The van der Waals surface area contributed by atoms with Crippen molar-refractivity contribution < 1.29 is 30.0 Å². The van der Waals surface area contributed by atoms with Gasteiger partial charge in [-0.25, -0.2) is 9.59 Å². The highest BCUT2D eigenvalue weighted by Gasteiger charge is 2.60. The Morgan fingerprint density at radius 3 is 1.22 bits per heavy atom. The molecule has 8 atom stereocenters. The highest BCUT2D eigenvalue weighted by molar-refractivity contribution is 5.78. The van der Waals surface area contributed by atoms with E-state index in [9.17, 15) is 19.8 Å². The van der Waals surface area contributed by atoms with Crippen molar-refractivity contribution in [3.05, 3.63) is 24.3 Å². The zero-order valence-electron chi connectivity index (χ0n) is 20.3. The summed E-state index contributed by atoms with van der Waals surface area (Å²) in [4.78, 5) is 22.1. The monoisotopic (exact) mass is 448 g/mol. The number of carboxylic acid groups (broad SMARTS) is 2. The summed E-state index contributed by atoms with van der Waals surface area (Å²) < 4.78 is 0. The molecule has 6 aliphatic carbocycles. The zero-order valence-corrected chi connectivity index (χ0v) is 20.3. The Labute approximate surface area is 191 Å². The Bertz CT molecular complexity index is 778. The summed E-state index contributed by atoms with van der Waals surface area (Å²) in [5.74, 6) is -1.05. The predicted octanol–water partition coefficient (Wildman–Crippen LogP) is 4.12. The van der Waals surface area contributed by atoms with Crippen LogP contribution in [-0.2, 0) is 9.59 Å². The van der Waals surface area contributed by atoms with Gasteiger partial charge in [0.1, 0.15) is 0 Å². The average molecular weight is 449 g/mol. The van der Waals surface area contributed by atoms with Crippen LogP contribution in [0.2, 0.25) is 0 Å². The Hall–Kier alpha value is -1.66. The van der Waals surface area contributed by atoms with E-state index >= 15 is 0 Å². The number of aliphatic hydroxyl groups is 2. The van der Waals surface area contributed by atoms with E-state index in [1.807, 2.05) is 0 Å². The molecule has 4 N–H and O–H groups in total. The van der Waals surface area contributed by atoms with Crippen LogP contribution in [0.1, 0.15) is 67.2 Å². The third kappa shape index (κ3) is 3.45. The molecule has 0 spiro atoms. The lowest BCUT2D eigenvalue weighted by Crippen LogP contribution is -2.57. The quantitative estimate of drug-likeness (QED) is 0.481. The lowest BCUT2D eigenvalue weighted by molar-refractivity contribution is -0.169. The second-order valence-electron chi connectivity index (χ2n) is 12.2. The van der Waals surface area contributed by atoms with Crippen molar-refractivity contribution in [3.63, 3.8) is 0 Å². The van der Waals surface area contributed by atoms with Crippen molar-refractivity contribution in [3.8, 4) is 0 Å². The maximum absolute atomic E-state index is 11.1. The Morgan fingerprint density at radius 2 is 1.03 bits per heavy atom. The second-order valence-corrected chi connectivity index (χ2v) is 12.2. The summed E-state index contributed by atoms with van der Waals surface area (Å²) in [7, 11) is 0. The summed E-state index contributed by atoms with van der Waals surface area (Å²) >= 11 is 0. The van der Waals surface area contributed by atoms with Gasteiger partial charge in [0, 0.05) is 11.8 Å². The summed E-state index contributed by atoms with van der Waals surface area (Å²) in [6.07, 6.45) is 3.72. The van der Waals surface area contributed by atoms with Gasteiger partial charge in [-0.3, -0.25) is 0 Å². The largest absolute Gasteiger partial charge is 0.479 e. The van der Waals surface area contributed by atoms with Crippen molar-refractivity contribution >= 4 is 11.9 Å². The van der Waals surface area contributed by atoms with Gasteiger partial charge in [0.05, 0.1) is 0 Å².